The van der Waals surface area contributed by atoms with Crippen molar-refractivity contribution in [1.82, 2.24) is 10.3 Å². The summed E-state index contributed by atoms with van der Waals surface area (Å²) in [7, 11) is 3.21. The standard InChI is InChI=1S/C21H22FN3O3S/c1-27-17-6-3-13(9-18(17)28-2)7-8-23-20(26)14-11-25(12-14)21-24-16-5-4-15(22)10-19(16)29-21/h3-6,9-10,14H,7-8,11-12H2,1-2H3,(H,23,26). The van der Waals surface area contributed by atoms with E-state index in [0.29, 0.717) is 37.6 Å². The lowest BCUT2D eigenvalue weighted by Gasteiger charge is -2.37. The molecule has 1 fully saturated rings. The number of carbonyl (C=O) groups is 1. The molecule has 8 heteroatoms. The van der Waals surface area contributed by atoms with Gasteiger partial charge in [-0.25, -0.2) is 9.37 Å². The Morgan fingerprint density at radius 2 is 2.00 bits per heavy atom. The number of nitrogens with zero attached hydrogens (tertiary/aromatic N) is 2. The number of thiazole rings is 1. The van der Waals surface area contributed by atoms with Crippen LogP contribution in [0.2, 0.25) is 0 Å². The highest BCUT2D eigenvalue weighted by Crippen LogP contribution is 2.33. The molecular formula is C21H22FN3O3S. The Kier molecular flexibility index (Phi) is 5.53. The molecule has 0 unspecified atom stereocenters. The van der Waals surface area contributed by atoms with Gasteiger partial charge in [-0.2, -0.15) is 0 Å². The lowest BCUT2D eigenvalue weighted by molar-refractivity contribution is -0.125. The summed E-state index contributed by atoms with van der Waals surface area (Å²) in [5, 5.41) is 3.83. The third-order valence-electron chi connectivity index (χ3n) is 5.02. The van der Waals surface area contributed by atoms with Crippen molar-refractivity contribution in [2.24, 2.45) is 5.92 Å². The molecule has 2 aromatic carbocycles. The fourth-order valence-electron chi connectivity index (χ4n) is 3.33. The van der Waals surface area contributed by atoms with E-state index in [0.717, 1.165) is 20.9 Å². The van der Waals surface area contributed by atoms with Gasteiger partial charge in [0.2, 0.25) is 5.91 Å². The van der Waals surface area contributed by atoms with E-state index in [-0.39, 0.29) is 17.6 Å². The smallest absolute Gasteiger partial charge is 0.226 e. The predicted octanol–water partition coefficient (Wildman–Crippen LogP) is 3.25. The fraction of sp³-hybridized carbons (Fsp3) is 0.333. The molecule has 2 heterocycles. The third kappa shape index (κ3) is 4.12. The molecule has 0 radical (unpaired) electrons. The van der Waals surface area contributed by atoms with E-state index in [1.54, 1.807) is 20.3 Å². The fourth-order valence-corrected chi connectivity index (χ4v) is 4.34. The summed E-state index contributed by atoms with van der Waals surface area (Å²) in [6.45, 7) is 1.82. The number of amides is 1. The van der Waals surface area contributed by atoms with Crippen LogP contribution in [0.5, 0.6) is 11.5 Å². The average molecular weight is 415 g/mol. The first-order valence-corrected chi connectivity index (χ1v) is 10.2. The quantitative estimate of drug-likeness (QED) is 0.642. The number of halogens is 1. The van der Waals surface area contributed by atoms with Crippen LogP contribution in [0.15, 0.2) is 36.4 Å². The Hall–Kier alpha value is -2.87. The number of aromatic nitrogens is 1. The summed E-state index contributed by atoms with van der Waals surface area (Å²) >= 11 is 1.45. The first-order chi connectivity index (χ1) is 14.1. The van der Waals surface area contributed by atoms with Crippen LogP contribution >= 0.6 is 11.3 Å². The Bertz CT molecular complexity index is 1030. The number of nitrogens with one attached hydrogen (secondary N) is 1. The van der Waals surface area contributed by atoms with Crippen LogP contribution in [0.25, 0.3) is 10.2 Å². The lowest BCUT2D eigenvalue weighted by Crippen LogP contribution is -2.54. The van der Waals surface area contributed by atoms with Crippen molar-refractivity contribution in [2.75, 3.05) is 38.8 Å². The summed E-state index contributed by atoms with van der Waals surface area (Å²) < 4.78 is 24.7. The summed E-state index contributed by atoms with van der Waals surface area (Å²) in [5.74, 6) is 1.11. The monoisotopic (exact) mass is 415 g/mol. The number of benzene rings is 2. The maximum absolute atomic E-state index is 13.3. The largest absolute Gasteiger partial charge is 0.493 e. The van der Waals surface area contributed by atoms with Crippen molar-refractivity contribution in [3.05, 3.63) is 47.8 Å². The predicted molar refractivity (Wildman–Crippen MR) is 112 cm³/mol. The van der Waals surface area contributed by atoms with Gasteiger partial charge in [0.05, 0.1) is 30.4 Å². The van der Waals surface area contributed by atoms with Crippen molar-refractivity contribution < 1.29 is 18.7 Å². The van der Waals surface area contributed by atoms with E-state index >= 15 is 0 Å². The average Bonchev–Trinajstić information content (AvgIpc) is 3.09. The van der Waals surface area contributed by atoms with Gasteiger partial charge in [0.25, 0.3) is 0 Å². The van der Waals surface area contributed by atoms with E-state index in [1.165, 1.54) is 23.5 Å². The van der Waals surface area contributed by atoms with Gasteiger partial charge < -0.3 is 19.7 Å². The molecule has 0 aliphatic carbocycles. The Labute approximate surface area is 172 Å². The van der Waals surface area contributed by atoms with Crippen molar-refractivity contribution in [1.29, 1.82) is 0 Å². The number of methoxy groups -OCH3 is 2. The van der Waals surface area contributed by atoms with Crippen molar-refractivity contribution in [2.45, 2.75) is 6.42 Å². The maximum Gasteiger partial charge on any atom is 0.226 e. The molecule has 1 saturated heterocycles. The Morgan fingerprint density at radius 3 is 2.76 bits per heavy atom. The summed E-state index contributed by atoms with van der Waals surface area (Å²) in [6.07, 6.45) is 0.714. The number of hydrogen-bond acceptors (Lipinski definition) is 6. The highest BCUT2D eigenvalue weighted by molar-refractivity contribution is 7.22. The molecule has 1 aliphatic heterocycles. The van der Waals surface area contributed by atoms with E-state index in [1.807, 2.05) is 18.2 Å². The van der Waals surface area contributed by atoms with Crippen LogP contribution in [0.4, 0.5) is 9.52 Å². The van der Waals surface area contributed by atoms with E-state index in [2.05, 4.69) is 15.2 Å². The van der Waals surface area contributed by atoms with Gasteiger partial charge in [-0.1, -0.05) is 17.4 Å². The van der Waals surface area contributed by atoms with Gasteiger partial charge in [-0.05, 0) is 42.3 Å². The minimum Gasteiger partial charge on any atom is -0.493 e. The third-order valence-corrected chi connectivity index (χ3v) is 6.10. The molecule has 4 rings (SSSR count). The first-order valence-electron chi connectivity index (χ1n) is 9.37. The molecular weight excluding hydrogens is 393 g/mol. The second-order valence-corrected chi connectivity index (χ2v) is 7.95. The highest BCUT2D eigenvalue weighted by atomic mass is 32.1. The molecule has 1 N–H and O–H groups in total. The second kappa shape index (κ2) is 8.24. The number of anilines is 1. The van der Waals surface area contributed by atoms with Crippen LogP contribution in [0, 0.1) is 11.7 Å². The van der Waals surface area contributed by atoms with Gasteiger partial charge in [0, 0.05) is 19.6 Å². The molecule has 1 aliphatic rings. The second-order valence-electron chi connectivity index (χ2n) is 6.94. The first kappa shape index (κ1) is 19.4. The summed E-state index contributed by atoms with van der Waals surface area (Å²) in [5.41, 5.74) is 1.86. The molecule has 6 nitrogen and oxygen atoms in total. The summed E-state index contributed by atoms with van der Waals surface area (Å²) in [6, 6.07) is 10.3. The minimum atomic E-state index is -0.261. The van der Waals surface area contributed by atoms with Gasteiger partial charge in [-0.3, -0.25) is 4.79 Å². The Balaban J connectivity index is 1.26. The molecule has 0 spiro atoms. The molecule has 1 aromatic heterocycles. The zero-order chi connectivity index (χ0) is 20.4. The number of rotatable bonds is 7. The van der Waals surface area contributed by atoms with Crippen LogP contribution in [-0.4, -0.2) is 44.7 Å². The Morgan fingerprint density at radius 1 is 1.21 bits per heavy atom. The van der Waals surface area contributed by atoms with Crippen molar-refractivity contribution >= 4 is 32.6 Å². The normalized spacial score (nSPS) is 14.0. The maximum atomic E-state index is 13.3. The number of fused-ring (bicyclic) bond motifs is 1. The molecule has 1 amide bonds. The molecule has 0 saturated carbocycles. The van der Waals surface area contributed by atoms with Crippen LogP contribution in [0.3, 0.4) is 0 Å². The van der Waals surface area contributed by atoms with Crippen LogP contribution in [-0.2, 0) is 11.2 Å². The van der Waals surface area contributed by atoms with E-state index < -0.39 is 0 Å². The number of ether oxygens (including phenoxy) is 2. The number of hydrogen-bond donors (Lipinski definition) is 1. The molecule has 3 aromatic rings. The molecule has 0 atom stereocenters. The van der Waals surface area contributed by atoms with E-state index in [9.17, 15) is 9.18 Å². The van der Waals surface area contributed by atoms with Gasteiger partial charge >= 0.3 is 0 Å². The van der Waals surface area contributed by atoms with Crippen LogP contribution < -0.4 is 19.7 Å². The van der Waals surface area contributed by atoms with Crippen molar-refractivity contribution in [3.63, 3.8) is 0 Å². The zero-order valence-corrected chi connectivity index (χ0v) is 17.1. The van der Waals surface area contributed by atoms with Gasteiger partial charge in [0.1, 0.15) is 5.82 Å². The van der Waals surface area contributed by atoms with E-state index in [4.69, 9.17) is 9.47 Å². The number of carbonyl (C=O) groups excluding carboxylic acids is 1. The topological polar surface area (TPSA) is 63.7 Å². The minimum absolute atomic E-state index is 0.0499. The summed E-state index contributed by atoms with van der Waals surface area (Å²) in [4.78, 5) is 19.0. The SMILES string of the molecule is COc1ccc(CCNC(=O)C2CN(c3nc4ccc(F)cc4s3)C2)cc1OC. The van der Waals surface area contributed by atoms with Gasteiger partial charge in [0.15, 0.2) is 16.6 Å². The van der Waals surface area contributed by atoms with Crippen LogP contribution in [0.1, 0.15) is 5.56 Å². The highest BCUT2D eigenvalue weighted by Gasteiger charge is 2.34. The van der Waals surface area contributed by atoms with Gasteiger partial charge in [-0.15, -0.1) is 0 Å². The lowest BCUT2D eigenvalue weighted by atomic mass is 10.00. The molecule has 152 valence electrons. The molecule has 29 heavy (non-hydrogen) atoms. The van der Waals surface area contributed by atoms with Crippen molar-refractivity contribution in [3.8, 4) is 11.5 Å². The zero-order valence-electron chi connectivity index (χ0n) is 16.3. The molecule has 0 bridgehead atoms.